The minimum Gasteiger partial charge on any atom is -0.496 e. The van der Waals surface area contributed by atoms with E-state index in [0.717, 1.165) is 25.1 Å². The summed E-state index contributed by atoms with van der Waals surface area (Å²) in [6.45, 7) is 4.08. The van der Waals surface area contributed by atoms with Crippen LogP contribution >= 0.6 is 11.6 Å². The number of methoxy groups -OCH3 is 1. The van der Waals surface area contributed by atoms with Gasteiger partial charge in [0.05, 0.1) is 24.9 Å². The van der Waals surface area contributed by atoms with Crippen molar-refractivity contribution in [1.29, 1.82) is 0 Å². The number of aromatic nitrogens is 2. The summed E-state index contributed by atoms with van der Waals surface area (Å²) in [7, 11) is 1.56. The number of hydrogen-bond donors (Lipinski definition) is 1. The second-order valence-corrected chi connectivity index (χ2v) is 8.18. The third-order valence-corrected chi connectivity index (χ3v) is 6.08. The molecule has 1 aliphatic carbocycles. The minimum absolute atomic E-state index is 0.0385. The molecule has 0 radical (unpaired) electrons. The highest BCUT2D eigenvalue weighted by Crippen LogP contribution is 2.41. The number of halogens is 1. The predicted octanol–water partition coefficient (Wildman–Crippen LogP) is 2.48. The molecule has 1 saturated heterocycles. The first-order chi connectivity index (χ1) is 14.0. The molecule has 2 amide bonds. The Bertz CT molecular complexity index is 942. The largest absolute Gasteiger partial charge is 0.496 e. The van der Waals surface area contributed by atoms with E-state index in [2.05, 4.69) is 11.5 Å². The maximum Gasteiger partial charge on any atom is 0.257 e. The number of benzene rings is 1. The topological polar surface area (TPSA) is 76.5 Å². The maximum atomic E-state index is 13.2. The second-order valence-electron chi connectivity index (χ2n) is 7.75. The number of fused-ring (bicyclic) bond motifs is 3. The van der Waals surface area contributed by atoms with Crippen molar-refractivity contribution in [1.82, 2.24) is 20.0 Å². The lowest BCUT2D eigenvalue weighted by molar-refractivity contribution is -0.118. The lowest BCUT2D eigenvalue weighted by atomic mass is 9.81. The van der Waals surface area contributed by atoms with Crippen molar-refractivity contribution in [3.8, 4) is 5.75 Å². The van der Waals surface area contributed by atoms with Crippen LogP contribution in [0.1, 0.15) is 40.9 Å². The summed E-state index contributed by atoms with van der Waals surface area (Å²) < 4.78 is 7.27. The molecule has 0 bridgehead atoms. The van der Waals surface area contributed by atoms with E-state index < -0.39 is 0 Å². The molecule has 154 valence electrons. The van der Waals surface area contributed by atoms with Crippen LogP contribution in [-0.4, -0.2) is 53.2 Å². The second kappa shape index (κ2) is 8.06. The van der Waals surface area contributed by atoms with E-state index in [9.17, 15) is 9.59 Å². The monoisotopic (exact) mass is 416 g/mol. The zero-order valence-electron chi connectivity index (χ0n) is 16.7. The minimum atomic E-state index is -0.0506. The number of aryl methyl sites for hydroxylation is 1. The van der Waals surface area contributed by atoms with Gasteiger partial charge >= 0.3 is 0 Å². The van der Waals surface area contributed by atoms with Crippen LogP contribution in [-0.2, 0) is 17.8 Å². The Morgan fingerprint density at radius 1 is 1.34 bits per heavy atom. The molecular weight excluding hydrogens is 392 g/mol. The first-order valence-corrected chi connectivity index (χ1v) is 10.3. The van der Waals surface area contributed by atoms with E-state index in [1.165, 1.54) is 12.5 Å². The number of ether oxygens (including phenoxy) is 1. The van der Waals surface area contributed by atoms with Gasteiger partial charge in [-0.3, -0.25) is 14.3 Å². The van der Waals surface area contributed by atoms with E-state index in [4.69, 9.17) is 21.4 Å². The quantitative estimate of drug-likeness (QED) is 0.812. The van der Waals surface area contributed by atoms with Crippen molar-refractivity contribution in [3.63, 3.8) is 0 Å². The molecule has 0 spiro atoms. The Morgan fingerprint density at radius 2 is 2.17 bits per heavy atom. The fourth-order valence-electron chi connectivity index (χ4n) is 4.44. The molecule has 1 aromatic carbocycles. The Balaban J connectivity index is 1.50. The third-order valence-electron chi connectivity index (χ3n) is 5.84. The van der Waals surface area contributed by atoms with Gasteiger partial charge < -0.3 is 15.0 Å². The standard InChI is InChI=1S/C21H25ClN4O3/c1-13(27)23-7-8-26-11-15-4-3-14-10-25(12-18(14)20(15)24-26)21(28)17-9-16(22)5-6-19(17)29-2/h5-6,9,11,14,18H,3-4,7-8,10,12H2,1-2H3,(H,23,27)/t14-,18+/m1/s1. The molecule has 29 heavy (non-hydrogen) atoms. The Labute approximate surface area is 175 Å². The molecule has 1 aliphatic heterocycles. The summed E-state index contributed by atoms with van der Waals surface area (Å²) in [4.78, 5) is 26.1. The van der Waals surface area contributed by atoms with Crippen molar-refractivity contribution in [2.24, 2.45) is 5.92 Å². The molecule has 8 heteroatoms. The van der Waals surface area contributed by atoms with Gasteiger partial charge in [-0.25, -0.2) is 0 Å². The van der Waals surface area contributed by atoms with Crippen molar-refractivity contribution < 1.29 is 14.3 Å². The van der Waals surface area contributed by atoms with E-state index in [1.54, 1.807) is 25.3 Å². The number of amides is 2. The Morgan fingerprint density at radius 3 is 2.93 bits per heavy atom. The van der Waals surface area contributed by atoms with Crippen LogP contribution < -0.4 is 10.1 Å². The summed E-state index contributed by atoms with van der Waals surface area (Å²) in [6.07, 6.45) is 4.10. The summed E-state index contributed by atoms with van der Waals surface area (Å²) in [5, 5.41) is 8.11. The molecule has 0 unspecified atom stereocenters. The summed E-state index contributed by atoms with van der Waals surface area (Å²) >= 11 is 6.11. The van der Waals surface area contributed by atoms with Gasteiger partial charge in [0.1, 0.15) is 5.75 Å². The highest BCUT2D eigenvalue weighted by Gasteiger charge is 2.41. The Kier molecular flexibility index (Phi) is 5.50. The van der Waals surface area contributed by atoms with Gasteiger partial charge in [0, 0.05) is 43.7 Å². The fraction of sp³-hybridized carbons (Fsp3) is 0.476. The lowest BCUT2D eigenvalue weighted by Gasteiger charge is -2.22. The van der Waals surface area contributed by atoms with Crippen LogP contribution in [0.3, 0.4) is 0 Å². The number of likely N-dealkylation sites (tertiary alicyclic amines) is 1. The van der Waals surface area contributed by atoms with Crippen LogP contribution in [0.25, 0.3) is 0 Å². The number of rotatable bonds is 5. The van der Waals surface area contributed by atoms with Gasteiger partial charge in [-0.15, -0.1) is 0 Å². The van der Waals surface area contributed by atoms with Crippen LogP contribution in [0.2, 0.25) is 5.02 Å². The van der Waals surface area contributed by atoms with E-state index in [0.29, 0.717) is 41.9 Å². The average Bonchev–Trinajstić information content (AvgIpc) is 3.30. The van der Waals surface area contributed by atoms with Crippen molar-refractivity contribution in [2.45, 2.75) is 32.2 Å². The zero-order chi connectivity index (χ0) is 20.5. The molecule has 2 aliphatic rings. The zero-order valence-corrected chi connectivity index (χ0v) is 17.4. The number of nitrogens with one attached hydrogen (secondary N) is 1. The summed E-state index contributed by atoms with van der Waals surface area (Å²) in [6, 6.07) is 5.13. The van der Waals surface area contributed by atoms with Crippen LogP contribution in [0, 0.1) is 5.92 Å². The first kappa shape index (κ1) is 19.8. The van der Waals surface area contributed by atoms with Gasteiger partial charge in [0.15, 0.2) is 0 Å². The van der Waals surface area contributed by atoms with E-state index >= 15 is 0 Å². The smallest absolute Gasteiger partial charge is 0.257 e. The summed E-state index contributed by atoms with van der Waals surface area (Å²) in [5.41, 5.74) is 2.85. The van der Waals surface area contributed by atoms with Crippen molar-refractivity contribution in [3.05, 3.63) is 46.2 Å². The molecule has 4 rings (SSSR count). The average molecular weight is 417 g/mol. The van der Waals surface area contributed by atoms with Crippen LogP contribution in [0.5, 0.6) is 5.75 Å². The Hall–Kier alpha value is -2.54. The number of carbonyl (C=O) groups is 2. The highest BCUT2D eigenvalue weighted by molar-refractivity contribution is 6.31. The lowest BCUT2D eigenvalue weighted by Crippen LogP contribution is -2.29. The van der Waals surface area contributed by atoms with Crippen molar-refractivity contribution >= 4 is 23.4 Å². The molecular formula is C21H25ClN4O3. The molecule has 7 nitrogen and oxygen atoms in total. The van der Waals surface area contributed by atoms with Crippen LogP contribution in [0.4, 0.5) is 0 Å². The molecule has 1 N–H and O–H groups in total. The fourth-order valence-corrected chi connectivity index (χ4v) is 4.61. The van der Waals surface area contributed by atoms with Crippen LogP contribution in [0.15, 0.2) is 24.4 Å². The van der Waals surface area contributed by atoms with E-state index in [1.807, 2.05) is 9.58 Å². The van der Waals surface area contributed by atoms with Gasteiger partial charge in [0.2, 0.25) is 5.91 Å². The van der Waals surface area contributed by atoms with Gasteiger partial charge in [-0.05, 0) is 42.5 Å². The normalized spacial score (nSPS) is 20.2. The molecule has 2 aromatic rings. The number of hydrogen-bond acceptors (Lipinski definition) is 4. The van der Waals surface area contributed by atoms with Crippen molar-refractivity contribution in [2.75, 3.05) is 26.7 Å². The van der Waals surface area contributed by atoms with E-state index in [-0.39, 0.29) is 17.7 Å². The molecule has 0 saturated carbocycles. The van der Waals surface area contributed by atoms with Gasteiger partial charge in [0.25, 0.3) is 5.91 Å². The van der Waals surface area contributed by atoms with Gasteiger partial charge in [-0.2, -0.15) is 5.10 Å². The third kappa shape index (κ3) is 3.96. The number of nitrogens with zero attached hydrogens (tertiary/aromatic N) is 3. The first-order valence-electron chi connectivity index (χ1n) is 9.89. The molecule has 1 fully saturated rings. The SMILES string of the molecule is COc1ccc(Cl)cc1C(=O)N1C[C@H]2CCc3cn(CCNC(C)=O)nc3[C@H]2C1. The maximum absolute atomic E-state index is 13.2. The summed E-state index contributed by atoms with van der Waals surface area (Å²) in [5.74, 6) is 1.11. The predicted molar refractivity (Wildman–Crippen MR) is 109 cm³/mol. The van der Waals surface area contributed by atoms with Gasteiger partial charge in [-0.1, -0.05) is 11.6 Å². The number of carbonyl (C=O) groups excluding carboxylic acids is 2. The highest BCUT2D eigenvalue weighted by atomic mass is 35.5. The molecule has 2 atom stereocenters. The molecule has 1 aromatic heterocycles. The molecule has 2 heterocycles.